The zero-order chi connectivity index (χ0) is 25.7. The number of likely N-dealkylation sites (tertiary alicyclic amines) is 1. The topological polar surface area (TPSA) is 67.7 Å². The van der Waals surface area contributed by atoms with Crippen LogP contribution in [0.3, 0.4) is 0 Å². The number of hydrogen-bond donors (Lipinski definition) is 0. The van der Waals surface area contributed by atoms with Gasteiger partial charge in [-0.25, -0.2) is 0 Å². The summed E-state index contributed by atoms with van der Waals surface area (Å²) in [6, 6.07) is 19.0. The Morgan fingerprint density at radius 3 is 2.61 bits per heavy atom. The smallest absolute Gasteiger partial charge is 0.274 e. The third kappa shape index (κ3) is 6.26. The van der Waals surface area contributed by atoms with Crippen LogP contribution in [0.15, 0.2) is 60.7 Å². The first-order chi connectivity index (χ1) is 17.3. The van der Waals surface area contributed by atoms with Crippen molar-refractivity contribution in [1.82, 2.24) is 19.6 Å². The summed E-state index contributed by atoms with van der Waals surface area (Å²) in [6.07, 6.45) is 0.684. The number of carbonyl (C=O) groups is 2. The second-order valence-corrected chi connectivity index (χ2v) is 9.78. The molecule has 1 fully saturated rings. The van der Waals surface area contributed by atoms with Crippen LogP contribution >= 0.6 is 11.6 Å². The van der Waals surface area contributed by atoms with Gasteiger partial charge in [0.15, 0.2) is 5.69 Å². The van der Waals surface area contributed by atoms with E-state index in [1.54, 1.807) is 21.9 Å². The average molecular weight is 509 g/mol. The SMILES string of the molecule is CCn1nc(C(=O)N2CC[C@H](Oc3cccc(Cl)c3)[C@@H](CC(=O)N(C)Cc3ccccc3)C2)cc1C. The van der Waals surface area contributed by atoms with Crippen LogP contribution in [-0.4, -0.2) is 57.6 Å². The van der Waals surface area contributed by atoms with Crippen molar-refractivity contribution in [2.45, 2.75) is 45.9 Å². The maximum Gasteiger partial charge on any atom is 0.274 e. The molecule has 0 bridgehead atoms. The highest BCUT2D eigenvalue weighted by Gasteiger charge is 2.36. The number of halogens is 1. The Bertz CT molecular complexity index is 1200. The zero-order valence-corrected chi connectivity index (χ0v) is 21.8. The first-order valence-electron chi connectivity index (χ1n) is 12.4. The van der Waals surface area contributed by atoms with Gasteiger partial charge >= 0.3 is 0 Å². The number of carbonyl (C=O) groups excluding carboxylic acids is 2. The van der Waals surface area contributed by atoms with Crippen molar-refractivity contribution < 1.29 is 14.3 Å². The molecular weight excluding hydrogens is 476 g/mol. The van der Waals surface area contributed by atoms with E-state index in [9.17, 15) is 9.59 Å². The summed E-state index contributed by atoms with van der Waals surface area (Å²) < 4.78 is 8.13. The van der Waals surface area contributed by atoms with Gasteiger partial charge in [-0.1, -0.05) is 48.0 Å². The minimum absolute atomic E-state index is 0.0175. The fraction of sp³-hybridized carbons (Fsp3) is 0.393. The number of rotatable bonds is 8. The van der Waals surface area contributed by atoms with Crippen molar-refractivity contribution in [2.24, 2.45) is 5.92 Å². The quantitative estimate of drug-likeness (QED) is 0.437. The third-order valence-electron chi connectivity index (χ3n) is 6.66. The Kier molecular flexibility index (Phi) is 8.31. The maximum atomic E-state index is 13.3. The Morgan fingerprint density at radius 2 is 1.92 bits per heavy atom. The van der Waals surface area contributed by atoms with Gasteiger partial charge in [-0.2, -0.15) is 5.10 Å². The standard InChI is InChI=1S/C28H33ClN4O3/c1-4-33-20(2)15-25(30-33)28(35)32-14-13-26(36-24-12-8-11-23(29)17-24)22(19-32)16-27(34)31(3)18-21-9-6-5-7-10-21/h5-12,15,17,22,26H,4,13-14,16,18-19H2,1-3H3/t22-,26-/m0/s1. The minimum atomic E-state index is -0.212. The van der Waals surface area contributed by atoms with Gasteiger partial charge in [-0.05, 0) is 43.7 Å². The van der Waals surface area contributed by atoms with Crippen molar-refractivity contribution in [1.29, 1.82) is 0 Å². The highest BCUT2D eigenvalue weighted by atomic mass is 35.5. The molecule has 0 N–H and O–H groups in total. The average Bonchev–Trinajstić information content (AvgIpc) is 3.25. The number of ether oxygens (including phenoxy) is 1. The van der Waals surface area contributed by atoms with E-state index in [0.717, 1.165) is 11.3 Å². The fourth-order valence-corrected chi connectivity index (χ4v) is 4.86. The molecule has 8 heteroatoms. The largest absolute Gasteiger partial charge is 0.490 e. The van der Waals surface area contributed by atoms with Crippen LogP contribution in [0.1, 0.15) is 41.5 Å². The van der Waals surface area contributed by atoms with Crippen molar-refractivity contribution in [3.8, 4) is 5.75 Å². The van der Waals surface area contributed by atoms with E-state index >= 15 is 0 Å². The van der Waals surface area contributed by atoms with Crippen molar-refractivity contribution in [3.63, 3.8) is 0 Å². The summed E-state index contributed by atoms with van der Waals surface area (Å²) >= 11 is 6.16. The van der Waals surface area contributed by atoms with Crippen LogP contribution < -0.4 is 4.74 Å². The molecule has 7 nitrogen and oxygen atoms in total. The molecule has 2 aromatic carbocycles. The summed E-state index contributed by atoms with van der Waals surface area (Å²) in [5.41, 5.74) is 2.46. The van der Waals surface area contributed by atoms with E-state index in [1.807, 2.05) is 74.1 Å². The van der Waals surface area contributed by atoms with E-state index in [0.29, 0.717) is 49.1 Å². The number of aromatic nitrogens is 2. The summed E-state index contributed by atoms with van der Waals surface area (Å²) in [4.78, 5) is 30.1. The predicted molar refractivity (Wildman–Crippen MR) is 140 cm³/mol. The predicted octanol–water partition coefficient (Wildman–Crippen LogP) is 4.82. The zero-order valence-electron chi connectivity index (χ0n) is 21.1. The molecule has 2 heterocycles. The Morgan fingerprint density at radius 1 is 1.14 bits per heavy atom. The molecule has 2 amide bonds. The minimum Gasteiger partial charge on any atom is -0.490 e. The molecule has 3 aromatic rings. The Balaban J connectivity index is 1.49. The molecule has 0 unspecified atom stereocenters. The number of aryl methyl sites for hydroxylation is 2. The molecule has 190 valence electrons. The molecule has 1 aliphatic heterocycles. The van der Waals surface area contributed by atoms with Gasteiger partial charge < -0.3 is 14.5 Å². The van der Waals surface area contributed by atoms with Crippen molar-refractivity contribution in [3.05, 3.63) is 82.6 Å². The number of nitrogens with zero attached hydrogens (tertiary/aromatic N) is 4. The van der Waals surface area contributed by atoms with Crippen LogP contribution in [0.2, 0.25) is 5.02 Å². The normalized spacial score (nSPS) is 17.6. The molecule has 36 heavy (non-hydrogen) atoms. The van der Waals surface area contributed by atoms with E-state index in [4.69, 9.17) is 16.3 Å². The molecular formula is C28H33ClN4O3. The van der Waals surface area contributed by atoms with Gasteiger partial charge in [0.2, 0.25) is 5.91 Å². The van der Waals surface area contributed by atoms with Crippen LogP contribution in [0.4, 0.5) is 0 Å². The number of amides is 2. The van der Waals surface area contributed by atoms with Crippen LogP contribution in [0.5, 0.6) is 5.75 Å². The molecule has 0 spiro atoms. The monoisotopic (exact) mass is 508 g/mol. The second kappa shape index (κ2) is 11.6. The molecule has 0 radical (unpaired) electrons. The fourth-order valence-electron chi connectivity index (χ4n) is 4.68. The van der Waals surface area contributed by atoms with Gasteiger partial charge in [-0.3, -0.25) is 14.3 Å². The van der Waals surface area contributed by atoms with E-state index in [2.05, 4.69) is 5.10 Å². The molecule has 1 aromatic heterocycles. The maximum absolute atomic E-state index is 13.3. The van der Waals surface area contributed by atoms with Gasteiger partial charge in [0, 0.05) is 62.7 Å². The molecule has 1 aliphatic rings. The van der Waals surface area contributed by atoms with Crippen LogP contribution in [0.25, 0.3) is 0 Å². The lowest BCUT2D eigenvalue weighted by molar-refractivity contribution is -0.132. The molecule has 0 aliphatic carbocycles. The number of piperidine rings is 1. The number of hydrogen-bond acceptors (Lipinski definition) is 4. The van der Waals surface area contributed by atoms with Crippen LogP contribution in [-0.2, 0) is 17.9 Å². The lowest BCUT2D eigenvalue weighted by Gasteiger charge is -2.38. The summed E-state index contributed by atoms with van der Waals surface area (Å²) in [7, 11) is 1.81. The van der Waals surface area contributed by atoms with Gasteiger partial charge in [0.1, 0.15) is 11.9 Å². The summed E-state index contributed by atoms with van der Waals surface area (Å²) in [5.74, 6) is 0.409. The van der Waals surface area contributed by atoms with Gasteiger partial charge in [-0.15, -0.1) is 0 Å². The van der Waals surface area contributed by atoms with Gasteiger partial charge in [0.25, 0.3) is 5.91 Å². The first kappa shape index (κ1) is 25.8. The van der Waals surface area contributed by atoms with E-state index in [-0.39, 0.29) is 30.3 Å². The van der Waals surface area contributed by atoms with E-state index < -0.39 is 0 Å². The molecule has 4 rings (SSSR count). The summed E-state index contributed by atoms with van der Waals surface area (Å²) in [6.45, 7) is 6.14. The molecule has 1 saturated heterocycles. The van der Waals surface area contributed by atoms with Gasteiger partial charge in [0.05, 0.1) is 0 Å². The first-order valence-corrected chi connectivity index (χ1v) is 12.8. The van der Waals surface area contributed by atoms with Crippen LogP contribution in [0, 0.1) is 12.8 Å². The second-order valence-electron chi connectivity index (χ2n) is 9.34. The lowest BCUT2D eigenvalue weighted by atomic mass is 9.90. The van der Waals surface area contributed by atoms with E-state index in [1.165, 1.54) is 0 Å². The Hall–Kier alpha value is -3.32. The van der Waals surface area contributed by atoms with Crippen molar-refractivity contribution >= 4 is 23.4 Å². The third-order valence-corrected chi connectivity index (χ3v) is 6.90. The Labute approximate surface area is 217 Å². The number of benzene rings is 2. The van der Waals surface area contributed by atoms with Crippen molar-refractivity contribution in [2.75, 3.05) is 20.1 Å². The highest BCUT2D eigenvalue weighted by Crippen LogP contribution is 2.28. The highest BCUT2D eigenvalue weighted by molar-refractivity contribution is 6.30. The molecule has 0 saturated carbocycles. The molecule has 2 atom stereocenters. The summed E-state index contributed by atoms with van der Waals surface area (Å²) in [5, 5.41) is 5.06. The lowest BCUT2D eigenvalue weighted by Crippen LogP contribution is -2.49.